The number of hydrogen-bond donors (Lipinski definition) is 2. The number of benzene rings is 2. The molecule has 2 amide bonds. The summed E-state index contributed by atoms with van der Waals surface area (Å²) >= 11 is 0. The topological polar surface area (TPSA) is 107 Å². The Balaban J connectivity index is 1.44. The third kappa shape index (κ3) is 5.16. The highest BCUT2D eigenvalue weighted by Gasteiger charge is 2.17. The molecule has 0 saturated heterocycles. The number of furan rings is 1. The van der Waals surface area contributed by atoms with Gasteiger partial charge in [-0.25, -0.2) is 0 Å². The zero-order valence-electron chi connectivity index (χ0n) is 16.6. The van der Waals surface area contributed by atoms with Crippen LogP contribution in [0.3, 0.4) is 0 Å². The van der Waals surface area contributed by atoms with Crippen LogP contribution in [-0.2, 0) is 14.3 Å². The molecule has 0 aliphatic carbocycles. The van der Waals surface area contributed by atoms with E-state index < -0.39 is 30.4 Å². The lowest BCUT2D eigenvalue weighted by molar-refractivity contribution is -0.147. The van der Waals surface area contributed by atoms with Crippen molar-refractivity contribution in [1.29, 1.82) is 0 Å². The molecule has 8 nitrogen and oxygen atoms in total. The Kier molecular flexibility index (Phi) is 6.69. The first kappa shape index (κ1) is 20.9. The molecule has 2 aromatic carbocycles. The molecule has 0 spiro atoms. The van der Waals surface area contributed by atoms with Crippen molar-refractivity contribution in [2.75, 3.05) is 20.3 Å². The molecule has 1 aromatic heterocycles. The van der Waals surface area contributed by atoms with Crippen LogP contribution in [0.25, 0.3) is 11.0 Å². The number of rotatable bonds is 8. The van der Waals surface area contributed by atoms with Crippen molar-refractivity contribution in [3.05, 3.63) is 65.9 Å². The molecule has 0 bridgehead atoms. The third-order valence-electron chi connectivity index (χ3n) is 4.36. The number of esters is 1. The number of para-hydroxylation sites is 2. The van der Waals surface area contributed by atoms with E-state index in [2.05, 4.69) is 10.6 Å². The molecule has 1 heterocycles. The number of fused-ring (bicyclic) bond motifs is 1. The Morgan fingerprint density at radius 2 is 1.80 bits per heavy atom. The summed E-state index contributed by atoms with van der Waals surface area (Å²) in [5.74, 6) is -0.702. The van der Waals surface area contributed by atoms with Crippen LogP contribution in [0.5, 0.6) is 5.75 Å². The summed E-state index contributed by atoms with van der Waals surface area (Å²) < 4.78 is 15.7. The Labute approximate surface area is 173 Å². The van der Waals surface area contributed by atoms with Gasteiger partial charge in [0, 0.05) is 5.39 Å². The fourth-order valence-corrected chi connectivity index (χ4v) is 2.85. The molecule has 0 aliphatic rings. The molecule has 1 atom stereocenters. The number of carbonyl (C=O) groups is 3. The van der Waals surface area contributed by atoms with Gasteiger partial charge >= 0.3 is 5.97 Å². The van der Waals surface area contributed by atoms with Gasteiger partial charge in [-0.15, -0.1) is 0 Å². The van der Waals surface area contributed by atoms with Gasteiger partial charge in [0.15, 0.2) is 6.61 Å². The van der Waals surface area contributed by atoms with Crippen molar-refractivity contribution in [2.24, 2.45) is 0 Å². The number of ether oxygens (including phenoxy) is 2. The lowest BCUT2D eigenvalue weighted by atomic mass is 10.2. The van der Waals surface area contributed by atoms with Crippen molar-refractivity contribution in [1.82, 2.24) is 10.6 Å². The Morgan fingerprint density at radius 3 is 2.57 bits per heavy atom. The second-order valence-electron chi connectivity index (χ2n) is 6.52. The van der Waals surface area contributed by atoms with E-state index in [1.165, 1.54) is 7.11 Å². The lowest BCUT2D eigenvalue weighted by Gasteiger charge is -2.12. The number of hydrogen-bond acceptors (Lipinski definition) is 6. The van der Waals surface area contributed by atoms with Crippen LogP contribution in [0.4, 0.5) is 0 Å². The minimum Gasteiger partial charge on any atom is -0.496 e. The first-order chi connectivity index (χ1) is 14.5. The molecular weight excluding hydrogens is 388 g/mol. The van der Waals surface area contributed by atoms with E-state index in [4.69, 9.17) is 13.9 Å². The van der Waals surface area contributed by atoms with Crippen LogP contribution >= 0.6 is 0 Å². The highest BCUT2D eigenvalue weighted by Crippen LogP contribution is 2.23. The Bertz CT molecular complexity index is 1030. The normalized spacial score (nSPS) is 11.5. The van der Waals surface area contributed by atoms with Crippen LogP contribution < -0.4 is 15.4 Å². The molecule has 0 fully saturated rings. The number of nitrogens with one attached hydrogen (secondary N) is 2. The summed E-state index contributed by atoms with van der Waals surface area (Å²) in [6.07, 6.45) is 0. The van der Waals surface area contributed by atoms with Crippen molar-refractivity contribution in [2.45, 2.75) is 13.0 Å². The van der Waals surface area contributed by atoms with E-state index >= 15 is 0 Å². The van der Waals surface area contributed by atoms with Crippen molar-refractivity contribution < 1.29 is 28.3 Å². The van der Waals surface area contributed by atoms with Gasteiger partial charge in [-0.05, 0) is 31.2 Å². The predicted octanol–water partition coefficient (Wildman–Crippen LogP) is 2.59. The molecular formula is C22H22N2O6. The van der Waals surface area contributed by atoms with Crippen LogP contribution in [0.1, 0.15) is 29.1 Å². The monoisotopic (exact) mass is 410 g/mol. The average molecular weight is 410 g/mol. The summed E-state index contributed by atoms with van der Waals surface area (Å²) in [5, 5.41) is 6.08. The maximum Gasteiger partial charge on any atom is 0.325 e. The van der Waals surface area contributed by atoms with E-state index in [0.29, 0.717) is 17.1 Å². The summed E-state index contributed by atoms with van der Waals surface area (Å²) in [7, 11) is 1.45. The van der Waals surface area contributed by atoms with Crippen LogP contribution in [0.15, 0.2) is 59.0 Å². The average Bonchev–Trinajstić information content (AvgIpc) is 3.20. The number of methoxy groups -OCH3 is 1. The van der Waals surface area contributed by atoms with Crippen molar-refractivity contribution >= 4 is 28.8 Å². The highest BCUT2D eigenvalue weighted by molar-refractivity contribution is 5.98. The second-order valence-corrected chi connectivity index (χ2v) is 6.52. The summed E-state index contributed by atoms with van der Waals surface area (Å²) in [6, 6.07) is 15.6. The van der Waals surface area contributed by atoms with E-state index in [9.17, 15) is 14.4 Å². The van der Waals surface area contributed by atoms with Gasteiger partial charge in [0.2, 0.25) is 0 Å². The molecule has 0 aliphatic heterocycles. The fourth-order valence-electron chi connectivity index (χ4n) is 2.85. The second kappa shape index (κ2) is 9.60. The Hall–Kier alpha value is -3.81. The lowest BCUT2D eigenvalue weighted by Crippen LogP contribution is -2.34. The van der Waals surface area contributed by atoms with Gasteiger partial charge in [0.05, 0.1) is 18.7 Å². The summed E-state index contributed by atoms with van der Waals surface area (Å²) in [4.78, 5) is 36.1. The fraction of sp³-hybridized carbons (Fsp3) is 0.227. The molecule has 8 heteroatoms. The number of amides is 2. The molecule has 0 saturated carbocycles. The van der Waals surface area contributed by atoms with Crippen LogP contribution in [0.2, 0.25) is 0 Å². The molecule has 2 N–H and O–H groups in total. The first-order valence-electron chi connectivity index (χ1n) is 9.32. The zero-order valence-corrected chi connectivity index (χ0v) is 16.6. The zero-order chi connectivity index (χ0) is 21.5. The van der Waals surface area contributed by atoms with Crippen LogP contribution in [-0.4, -0.2) is 38.0 Å². The van der Waals surface area contributed by atoms with Gasteiger partial charge < -0.3 is 24.5 Å². The molecule has 3 rings (SSSR count). The standard InChI is InChI=1S/C22H22N2O6/c1-14(19-11-15-7-3-5-9-17(15)30-19)24-20(25)13-29-21(26)12-23-22(27)16-8-4-6-10-18(16)28-2/h3-11,14H,12-13H2,1-2H3,(H,23,27)(H,24,25)/t14-/m1/s1. The molecule has 3 aromatic rings. The van der Waals surface area contributed by atoms with Crippen molar-refractivity contribution in [3.8, 4) is 5.75 Å². The van der Waals surface area contributed by atoms with Gasteiger partial charge in [-0.1, -0.05) is 30.3 Å². The molecule has 30 heavy (non-hydrogen) atoms. The molecule has 0 radical (unpaired) electrons. The summed E-state index contributed by atoms with van der Waals surface area (Å²) in [6.45, 7) is 0.933. The highest BCUT2D eigenvalue weighted by atomic mass is 16.5. The SMILES string of the molecule is COc1ccccc1C(=O)NCC(=O)OCC(=O)N[C@H](C)c1cc2ccccc2o1. The number of carbonyl (C=O) groups excluding carboxylic acids is 3. The third-order valence-corrected chi connectivity index (χ3v) is 4.36. The minimum absolute atomic E-state index is 0.296. The van der Waals surface area contributed by atoms with Crippen molar-refractivity contribution in [3.63, 3.8) is 0 Å². The predicted molar refractivity (Wildman–Crippen MR) is 109 cm³/mol. The van der Waals surface area contributed by atoms with E-state index in [0.717, 1.165) is 11.0 Å². The van der Waals surface area contributed by atoms with E-state index in [1.807, 2.05) is 30.3 Å². The van der Waals surface area contributed by atoms with E-state index in [-0.39, 0.29) is 6.54 Å². The molecule has 156 valence electrons. The molecule has 0 unspecified atom stereocenters. The summed E-state index contributed by atoms with van der Waals surface area (Å²) in [5.41, 5.74) is 1.02. The van der Waals surface area contributed by atoms with Crippen LogP contribution in [0, 0.1) is 0 Å². The van der Waals surface area contributed by atoms with Gasteiger partial charge in [0.25, 0.3) is 11.8 Å². The smallest absolute Gasteiger partial charge is 0.325 e. The largest absolute Gasteiger partial charge is 0.496 e. The first-order valence-corrected chi connectivity index (χ1v) is 9.32. The Morgan fingerprint density at radius 1 is 1.07 bits per heavy atom. The van der Waals surface area contributed by atoms with E-state index in [1.54, 1.807) is 31.2 Å². The minimum atomic E-state index is -0.732. The maximum atomic E-state index is 12.2. The van der Waals surface area contributed by atoms with Gasteiger partial charge in [-0.2, -0.15) is 0 Å². The van der Waals surface area contributed by atoms with Gasteiger partial charge in [-0.3, -0.25) is 14.4 Å². The van der Waals surface area contributed by atoms with Gasteiger partial charge in [0.1, 0.15) is 23.6 Å². The maximum absolute atomic E-state index is 12.2. The quantitative estimate of drug-likeness (QED) is 0.553.